The van der Waals surface area contributed by atoms with Crippen molar-refractivity contribution in [1.29, 1.82) is 0 Å². The molecule has 2 aromatic rings. The standard InChI is InChI=1S/C9H7F3N4O2S/c10-9(11,12)8-14-5-16(15-8)6-3-1-2-4-7(6)19(13,17)18/h1-5H,(H2,13,17,18). The van der Waals surface area contributed by atoms with E-state index in [4.69, 9.17) is 5.14 Å². The molecule has 0 bridgehead atoms. The van der Waals surface area contributed by atoms with E-state index in [-0.39, 0.29) is 10.6 Å². The van der Waals surface area contributed by atoms with Crippen molar-refractivity contribution in [2.24, 2.45) is 5.14 Å². The molecule has 1 heterocycles. The molecule has 2 N–H and O–H groups in total. The molecule has 0 aliphatic rings. The van der Waals surface area contributed by atoms with E-state index in [0.29, 0.717) is 4.68 Å². The van der Waals surface area contributed by atoms with Gasteiger partial charge in [-0.2, -0.15) is 13.2 Å². The van der Waals surface area contributed by atoms with E-state index in [0.717, 1.165) is 6.33 Å². The highest BCUT2D eigenvalue weighted by molar-refractivity contribution is 7.89. The normalized spacial score (nSPS) is 12.6. The second kappa shape index (κ2) is 4.31. The van der Waals surface area contributed by atoms with Crippen LogP contribution in [0.1, 0.15) is 5.82 Å². The van der Waals surface area contributed by atoms with Gasteiger partial charge >= 0.3 is 6.18 Å². The van der Waals surface area contributed by atoms with Gasteiger partial charge in [0.05, 0.1) is 5.69 Å². The fraction of sp³-hybridized carbons (Fsp3) is 0.111. The summed E-state index contributed by atoms with van der Waals surface area (Å²) >= 11 is 0. The van der Waals surface area contributed by atoms with E-state index >= 15 is 0 Å². The first-order valence-corrected chi connectivity index (χ1v) is 6.35. The third-order valence-electron chi connectivity index (χ3n) is 2.16. The van der Waals surface area contributed by atoms with Crippen LogP contribution in [-0.4, -0.2) is 23.2 Å². The fourth-order valence-corrected chi connectivity index (χ4v) is 2.12. The van der Waals surface area contributed by atoms with Gasteiger partial charge in [0.2, 0.25) is 10.0 Å². The summed E-state index contributed by atoms with van der Waals surface area (Å²) in [6, 6.07) is 5.28. The Labute approximate surface area is 105 Å². The second-order valence-corrected chi connectivity index (χ2v) is 5.05. The highest BCUT2D eigenvalue weighted by atomic mass is 32.2. The average molecular weight is 292 g/mol. The van der Waals surface area contributed by atoms with Crippen molar-refractivity contribution >= 4 is 10.0 Å². The quantitative estimate of drug-likeness (QED) is 0.891. The molecule has 10 heteroatoms. The molecule has 1 aromatic carbocycles. The van der Waals surface area contributed by atoms with Crippen LogP contribution < -0.4 is 5.14 Å². The summed E-state index contributed by atoms with van der Waals surface area (Å²) < 4.78 is 60.5. The zero-order valence-electron chi connectivity index (χ0n) is 9.16. The Morgan fingerprint density at radius 2 is 1.84 bits per heavy atom. The minimum absolute atomic E-state index is 0.104. The van der Waals surface area contributed by atoms with E-state index in [1.807, 2.05) is 0 Å². The number of nitrogens with zero attached hydrogens (tertiary/aromatic N) is 3. The first-order valence-electron chi connectivity index (χ1n) is 4.80. The highest BCUT2D eigenvalue weighted by Crippen LogP contribution is 2.26. The van der Waals surface area contributed by atoms with Gasteiger partial charge in [0.25, 0.3) is 5.82 Å². The molecule has 0 radical (unpaired) electrons. The third-order valence-corrected chi connectivity index (χ3v) is 3.12. The highest BCUT2D eigenvalue weighted by Gasteiger charge is 2.36. The van der Waals surface area contributed by atoms with E-state index in [1.54, 1.807) is 0 Å². The maximum atomic E-state index is 12.4. The topological polar surface area (TPSA) is 90.9 Å². The Hall–Kier alpha value is -1.94. The minimum Gasteiger partial charge on any atom is -0.225 e. The number of aromatic nitrogens is 3. The summed E-state index contributed by atoms with van der Waals surface area (Å²) in [6.07, 6.45) is -3.94. The van der Waals surface area contributed by atoms with Gasteiger partial charge in [-0.05, 0) is 12.1 Å². The van der Waals surface area contributed by atoms with Gasteiger partial charge in [-0.1, -0.05) is 12.1 Å². The average Bonchev–Trinajstić information content (AvgIpc) is 2.76. The molecule has 19 heavy (non-hydrogen) atoms. The Bertz CT molecular complexity index is 708. The van der Waals surface area contributed by atoms with Crippen LogP contribution in [0.2, 0.25) is 0 Å². The lowest BCUT2D eigenvalue weighted by atomic mass is 10.3. The molecule has 0 aliphatic carbocycles. The number of benzene rings is 1. The van der Waals surface area contributed by atoms with E-state index in [1.165, 1.54) is 24.3 Å². The Kier molecular flexibility index (Phi) is 3.06. The molecule has 1 aromatic heterocycles. The van der Waals surface area contributed by atoms with Gasteiger partial charge in [-0.15, -0.1) is 5.10 Å². The van der Waals surface area contributed by atoms with Gasteiger partial charge in [0.15, 0.2) is 0 Å². The molecule has 0 saturated heterocycles. The van der Waals surface area contributed by atoms with Gasteiger partial charge in [0, 0.05) is 0 Å². The van der Waals surface area contributed by atoms with Crippen molar-refractivity contribution in [3.05, 3.63) is 36.4 Å². The molecular weight excluding hydrogens is 285 g/mol. The first kappa shape index (κ1) is 13.5. The number of hydrogen-bond donors (Lipinski definition) is 1. The Morgan fingerprint density at radius 3 is 2.37 bits per heavy atom. The number of hydrogen-bond acceptors (Lipinski definition) is 4. The fourth-order valence-electron chi connectivity index (χ4n) is 1.40. The molecule has 6 nitrogen and oxygen atoms in total. The number of sulfonamides is 1. The maximum absolute atomic E-state index is 12.4. The summed E-state index contributed by atoms with van der Waals surface area (Å²) in [5.41, 5.74) is -0.104. The number of rotatable bonds is 2. The van der Waals surface area contributed by atoms with Crippen LogP contribution in [0.5, 0.6) is 0 Å². The lowest BCUT2D eigenvalue weighted by Crippen LogP contribution is -2.16. The van der Waals surface area contributed by atoms with Crippen LogP contribution in [0.3, 0.4) is 0 Å². The Morgan fingerprint density at radius 1 is 1.21 bits per heavy atom. The summed E-state index contributed by atoms with van der Waals surface area (Å²) in [5.74, 6) is -1.36. The summed E-state index contributed by atoms with van der Waals surface area (Å²) in [4.78, 5) is 2.74. The molecule has 2 rings (SSSR count). The molecule has 0 unspecified atom stereocenters. The molecule has 0 amide bonds. The number of para-hydroxylation sites is 1. The van der Waals surface area contributed by atoms with Crippen molar-refractivity contribution in [2.75, 3.05) is 0 Å². The summed E-state index contributed by atoms with van der Waals surface area (Å²) in [5, 5.41) is 8.16. The summed E-state index contributed by atoms with van der Waals surface area (Å²) in [7, 11) is -4.08. The van der Waals surface area contributed by atoms with Crippen LogP contribution in [0.4, 0.5) is 13.2 Å². The van der Waals surface area contributed by atoms with Gasteiger partial charge in [0.1, 0.15) is 11.2 Å². The Balaban J connectivity index is 2.58. The minimum atomic E-state index is -4.71. The third kappa shape index (κ3) is 2.74. The molecule has 0 aliphatic heterocycles. The molecule has 0 spiro atoms. The van der Waals surface area contributed by atoms with Crippen LogP contribution in [0.15, 0.2) is 35.5 Å². The van der Waals surface area contributed by atoms with E-state index in [2.05, 4.69) is 10.1 Å². The zero-order valence-corrected chi connectivity index (χ0v) is 9.98. The van der Waals surface area contributed by atoms with Crippen LogP contribution in [0, 0.1) is 0 Å². The lowest BCUT2D eigenvalue weighted by Gasteiger charge is -2.06. The summed E-state index contributed by atoms with van der Waals surface area (Å²) in [6.45, 7) is 0. The molecular formula is C9H7F3N4O2S. The van der Waals surface area contributed by atoms with Crippen molar-refractivity contribution in [3.63, 3.8) is 0 Å². The van der Waals surface area contributed by atoms with Crippen LogP contribution in [-0.2, 0) is 16.2 Å². The van der Waals surface area contributed by atoms with Gasteiger partial charge < -0.3 is 0 Å². The molecule has 0 atom stereocenters. The van der Waals surface area contributed by atoms with E-state index in [9.17, 15) is 21.6 Å². The van der Waals surface area contributed by atoms with Crippen molar-refractivity contribution < 1.29 is 21.6 Å². The first-order chi connectivity index (χ1) is 8.69. The number of halogens is 3. The predicted molar refractivity (Wildman–Crippen MR) is 57.7 cm³/mol. The van der Waals surface area contributed by atoms with Gasteiger partial charge in [-0.25, -0.2) is 23.2 Å². The van der Waals surface area contributed by atoms with Crippen molar-refractivity contribution in [1.82, 2.24) is 14.8 Å². The lowest BCUT2D eigenvalue weighted by molar-refractivity contribution is -0.144. The van der Waals surface area contributed by atoms with Gasteiger partial charge in [-0.3, -0.25) is 0 Å². The second-order valence-electron chi connectivity index (χ2n) is 3.52. The monoisotopic (exact) mass is 292 g/mol. The molecule has 0 saturated carbocycles. The SMILES string of the molecule is NS(=O)(=O)c1ccccc1-n1cnc(C(F)(F)F)n1. The largest absolute Gasteiger partial charge is 0.453 e. The van der Waals surface area contributed by atoms with Crippen LogP contribution in [0.25, 0.3) is 5.69 Å². The zero-order chi connectivity index (χ0) is 14.3. The molecule has 0 fully saturated rings. The van der Waals surface area contributed by atoms with Crippen LogP contribution >= 0.6 is 0 Å². The number of nitrogens with two attached hydrogens (primary N) is 1. The number of alkyl halides is 3. The number of primary sulfonamides is 1. The molecule has 102 valence electrons. The smallest absolute Gasteiger partial charge is 0.225 e. The van der Waals surface area contributed by atoms with Crippen molar-refractivity contribution in [3.8, 4) is 5.69 Å². The van der Waals surface area contributed by atoms with Crippen molar-refractivity contribution in [2.45, 2.75) is 11.1 Å². The van der Waals surface area contributed by atoms with E-state index < -0.39 is 22.0 Å². The maximum Gasteiger partial charge on any atom is 0.453 e. The predicted octanol–water partition coefficient (Wildman–Crippen LogP) is 0.934.